The van der Waals surface area contributed by atoms with Crippen LogP contribution < -0.4 is 0 Å². The highest BCUT2D eigenvalue weighted by atomic mass is 32.2. The maximum absolute atomic E-state index is 13.5. The molecule has 0 amide bonds. The van der Waals surface area contributed by atoms with Gasteiger partial charge in [0.2, 0.25) is 0 Å². The van der Waals surface area contributed by atoms with Crippen molar-refractivity contribution in [2.75, 3.05) is 6.26 Å². The number of aromatic nitrogens is 2. The highest BCUT2D eigenvalue weighted by Gasteiger charge is 2.17. The molecule has 0 fully saturated rings. The molecule has 0 bridgehead atoms. The van der Waals surface area contributed by atoms with E-state index in [0.29, 0.717) is 12.3 Å². The number of pyridine rings is 1. The van der Waals surface area contributed by atoms with Crippen molar-refractivity contribution in [3.8, 4) is 21.7 Å². The van der Waals surface area contributed by atoms with Crippen LogP contribution in [0.3, 0.4) is 0 Å². The molecule has 2 aromatic heterocycles. The van der Waals surface area contributed by atoms with Crippen molar-refractivity contribution in [1.29, 1.82) is 0 Å². The third-order valence-corrected chi connectivity index (χ3v) is 7.67. The molecule has 0 aliphatic carbocycles. The lowest BCUT2D eigenvalue weighted by atomic mass is 10.1. The van der Waals surface area contributed by atoms with Gasteiger partial charge in [-0.15, -0.1) is 11.3 Å². The zero-order valence-corrected chi connectivity index (χ0v) is 20.4. The second-order valence-electron chi connectivity index (χ2n) is 8.08. The summed E-state index contributed by atoms with van der Waals surface area (Å²) >= 11 is 1.46. The molecule has 0 unspecified atom stereocenters. The standard InChI is InChI=1S/C27H21FN2O3S2/c1-35(31,32)23-14-9-19(10-15-23)26-27(20-6-11-21(28)12-7-20)34-25(30-26)17-33-16-22-13-8-18-4-2-3-5-24(18)29-22/h2-15H,16-17H2,1H3. The molecule has 176 valence electrons. The lowest BCUT2D eigenvalue weighted by Gasteiger charge is -2.04. The second-order valence-corrected chi connectivity index (χ2v) is 11.2. The predicted octanol–water partition coefficient (Wildman–Crippen LogP) is 6.28. The van der Waals surface area contributed by atoms with E-state index in [2.05, 4.69) is 4.98 Å². The van der Waals surface area contributed by atoms with Crippen molar-refractivity contribution < 1.29 is 17.5 Å². The van der Waals surface area contributed by atoms with Gasteiger partial charge in [-0.05, 0) is 42.0 Å². The molecule has 0 aliphatic rings. The SMILES string of the molecule is CS(=O)(=O)c1ccc(-c2nc(COCc3ccc4ccccc4n3)sc2-c2ccc(F)cc2)cc1. The Labute approximate surface area is 206 Å². The summed E-state index contributed by atoms with van der Waals surface area (Å²) in [6.07, 6.45) is 1.18. The van der Waals surface area contributed by atoms with E-state index >= 15 is 0 Å². The monoisotopic (exact) mass is 504 g/mol. The molecule has 0 saturated heterocycles. The summed E-state index contributed by atoms with van der Waals surface area (Å²) in [6, 6.07) is 24.7. The number of halogens is 1. The van der Waals surface area contributed by atoms with E-state index in [0.717, 1.165) is 37.6 Å². The Morgan fingerprint density at radius 1 is 0.829 bits per heavy atom. The summed E-state index contributed by atoms with van der Waals surface area (Å²) in [4.78, 5) is 10.5. The zero-order valence-electron chi connectivity index (χ0n) is 18.8. The molecule has 8 heteroatoms. The molecule has 0 saturated carbocycles. The van der Waals surface area contributed by atoms with Crippen molar-refractivity contribution in [2.45, 2.75) is 18.1 Å². The lowest BCUT2D eigenvalue weighted by molar-refractivity contribution is 0.104. The number of sulfone groups is 1. The fourth-order valence-corrected chi connectivity index (χ4v) is 5.37. The molecule has 0 radical (unpaired) electrons. The van der Waals surface area contributed by atoms with Gasteiger partial charge in [-0.1, -0.05) is 48.5 Å². The Morgan fingerprint density at radius 3 is 2.29 bits per heavy atom. The number of hydrogen-bond acceptors (Lipinski definition) is 6. The molecular weight excluding hydrogens is 483 g/mol. The average Bonchev–Trinajstić information content (AvgIpc) is 3.28. The first-order valence-electron chi connectivity index (χ1n) is 10.9. The highest BCUT2D eigenvalue weighted by Crippen LogP contribution is 2.37. The van der Waals surface area contributed by atoms with E-state index in [9.17, 15) is 12.8 Å². The van der Waals surface area contributed by atoms with Crippen molar-refractivity contribution in [1.82, 2.24) is 9.97 Å². The summed E-state index contributed by atoms with van der Waals surface area (Å²) in [6.45, 7) is 0.628. The van der Waals surface area contributed by atoms with Crippen LogP contribution >= 0.6 is 11.3 Å². The van der Waals surface area contributed by atoms with Gasteiger partial charge < -0.3 is 4.74 Å². The number of benzene rings is 3. The van der Waals surface area contributed by atoms with E-state index < -0.39 is 9.84 Å². The van der Waals surface area contributed by atoms with E-state index in [-0.39, 0.29) is 17.3 Å². The molecule has 5 rings (SSSR count). The number of ether oxygens (including phenoxy) is 1. The van der Waals surface area contributed by atoms with Crippen molar-refractivity contribution in [2.24, 2.45) is 0 Å². The Kier molecular flexibility index (Phi) is 6.42. The van der Waals surface area contributed by atoms with Crippen molar-refractivity contribution in [3.05, 3.63) is 101 Å². The lowest BCUT2D eigenvalue weighted by Crippen LogP contribution is -1.97. The quantitative estimate of drug-likeness (QED) is 0.261. The molecule has 0 N–H and O–H groups in total. The van der Waals surface area contributed by atoms with Gasteiger partial charge >= 0.3 is 0 Å². The van der Waals surface area contributed by atoms with Gasteiger partial charge in [0.25, 0.3) is 0 Å². The molecular formula is C27H21FN2O3S2. The van der Waals surface area contributed by atoms with Crippen LogP contribution in [0.25, 0.3) is 32.6 Å². The van der Waals surface area contributed by atoms with Crippen LogP contribution in [-0.4, -0.2) is 24.6 Å². The first-order valence-corrected chi connectivity index (χ1v) is 13.6. The summed E-state index contributed by atoms with van der Waals surface area (Å²) in [5, 5.41) is 1.83. The van der Waals surface area contributed by atoms with Crippen LogP contribution in [0, 0.1) is 5.82 Å². The Balaban J connectivity index is 1.41. The van der Waals surface area contributed by atoms with Gasteiger partial charge in [-0.3, -0.25) is 4.98 Å². The molecule has 35 heavy (non-hydrogen) atoms. The highest BCUT2D eigenvalue weighted by molar-refractivity contribution is 7.90. The third kappa shape index (κ3) is 5.30. The number of fused-ring (bicyclic) bond motifs is 1. The van der Waals surface area contributed by atoms with Crippen LogP contribution in [0.5, 0.6) is 0 Å². The molecule has 0 spiro atoms. The summed E-state index contributed by atoms with van der Waals surface area (Å²) < 4.78 is 43.1. The normalized spacial score (nSPS) is 11.7. The topological polar surface area (TPSA) is 69.2 Å². The van der Waals surface area contributed by atoms with Crippen LogP contribution in [-0.2, 0) is 27.8 Å². The Bertz CT molecular complexity index is 1600. The van der Waals surface area contributed by atoms with Crippen molar-refractivity contribution >= 4 is 32.1 Å². The van der Waals surface area contributed by atoms with E-state index in [1.54, 1.807) is 36.4 Å². The van der Waals surface area contributed by atoms with E-state index in [1.807, 2.05) is 36.4 Å². The fraction of sp³-hybridized carbons (Fsp3) is 0.111. The van der Waals surface area contributed by atoms with E-state index in [4.69, 9.17) is 9.72 Å². The Hall–Kier alpha value is -3.46. The minimum absolute atomic E-state index is 0.242. The number of para-hydroxylation sites is 1. The first kappa shape index (κ1) is 23.3. The summed E-state index contributed by atoms with van der Waals surface area (Å²) in [7, 11) is -3.30. The van der Waals surface area contributed by atoms with Crippen LogP contribution in [0.2, 0.25) is 0 Å². The number of hydrogen-bond donors (Lipinski definition) is 0. The summed E-state index contributed by atoms with van der Waals surface area (Å²) in [5.74, 6) is -0.316. The Morgan fingerprint density at radius 2 is 1.54 bits per heavy atom. The van der Waals surface area contributed by atoms with Gasteiger partial charge in [0.1, 0.15) is 10.8 Å². The number of thiazole rings is 1. The minimum Gasteiger partial charge on any atom is -0.368 e. The number of nitrogens with zero attached hydrogens (tertiary/aromatic N) is 2. The van der Waals surface area contributed by atoms with E-state index in [1.165, 1.54) is 29.7 Å². The van der Waals surface area contributed by atoms with Crippen LogP contribution in [0.1, 0.15) is 10.7 Å². The largest absolute Gasteiger partial charge is 0.368 e. The van der Waals surface area contributed by atoms with Gasteiger partial charge in [0.05, 0.1) is 39.9 Å². The smallest absolute Gasteiger partial charge is 0.175 e. The average molecular weight is 505 g/mol. The van der Waals surface area contributed by atoms with Crippen LogP contribution in [0.15, 0.2) is 89.8 Å². The summed E-state index contributed by atoms with van der Waals surface area (Å²) in [5.41, 5.74) is 4.05. The van der Waals surface area contributed by atoms with Crippen LogP contribution in [0.4, 0.5) is 4.39 Å². The molecule has 2 heterocycles. The molecule has 3 aromatic carbocycles. The maximum Gasteiger partial charge on any atom is 0.175 e. The van der Waals surface area contributed by atoms with Crippen molar-refractivity contribution in [3.63, 3.8) is 0 Å². The zero-order chi connectivity index (χ0) is 24.4. The van der Waals surface area contributed by atoms with Gasteiger partial charge in [0, 0.05) is 17.2 Å². The molecule has 0 atom stereocenters. The maximum atomic E-state index is 13.5. The number of rotatable bonds is 7. The molecule has 0 aliphatic heterocycles. The minimum atomic E-state index is -3.30. The van der Waals surface area contributed by atoms with Gasteiger partial charge in [-0.2, -0.15) is 0 Å². The first-order chi connectivity index (χ1) is 16.9. The fourth-order valence-electron chi connectivity index (χ4n) is 3.71. The molecule has 5 nitrogen and oxygen atoms in total. The third-order valence-electron chi connectivity index (χ3n) is 5.47. The van der Waals surface area contributed by atoms with Gasteiger partial charge in [-0.25, -0.2) is 17.8 Å². The second kappa shape index (κ2) is 9.65. The molecule has 5 aromatic rings. The predicted molar refractivity (Wildman–Crippen MR) is 136 cm³/mol. The van der Waals surface area contributed by atoms with Gasteiger partial charge in [0.15, 0.2) is 9.84 Å².